The summed E-state index contributed by atoms with van der Waals surface area (Å²) < 4.78 is 18.0. The number of hydrogen-bond acceptors (Lipinski definition) is 4. The molecule has 2 aromatic rings. The first kappa shape index (κ1) is 14.4. The van der Waals surface area contributed by atoms with Crippen molar-refractivity contribution in [2.24, 2.45) is 5.73 Å². The number of nitrogens with two attached hydrogens (primary N) is 1. The molecule has 1 heterocycles. The van der Waals surface area contributed by atoms with E-state index in [1.54, 1.807) is 19.4 Å². The van der Waals surface area contributed by atoms with E-state index in [0.29, 0.717) is 18.1 Å². The summed E-state index contributed by atoms with van der Waals surface area (Å²) in [5.41, 5.74) is 5.72. The fourth-order valence-electron chi connectivity index (χ4n) is 1.61. The molecule has 0 saturated carbocycles. The average Bonchev–Trinajstić information content (AvgIpc) is 2.93. The van der Waals surface area contributed by atoms with Gasteiger partial charge < -0.3 is 19.6 Å². The maximum Gasteiger partial charge on any atom is 0.168 e. The van der Waals surface area contributed by atoms with Crippen molar-refractivity contribution in [1.29, 1.82) is 0 Å². The van der Waals surface area contributed by atoms with Crippen molar-refractivity contribution in [1.82, 2.24) is 0 Å². The van der Waals surface area contributed by atoms with Crippen LogP contribution in [-0.4, -0.2) is 13.7 Å². The molecule has 0 amide bonds. The predicted octanol–water partition coefficient (Wildman–Crippen LogP) is 3.89. The van der Waals surface area contributed by atoms with Gasteiger partial charge in [0.2, 0.25) is 0 Å². The summed E-state index contributed by atoms with van der Waals surface area (Å²) in [6, 6.07) is 7.30. The first-order valence-corrected chi connectivity index (χ1v) is 7.17. The minimum absolute atomic E-state index is 0.323. The third kappa shape index (κ3) is 3.32. The van der Waals surface area contributed by atoms with Crippen molar-refractivity contribution >= 4 is 31.9 Å². The molecule has 102 valence electrons. The van der Waals surface area contributed by atoms with E-state index in [-0.39, 0.29) is 6.10 Å². The standard InChI is InChI=1S/C13H13Br2NO3/c1-17-11-5-9(15)12(6-8(11)14)19-13(7-16)10-3-2-4-18-10/h2-6,13H,7,16H2,1H3. The molecule has 0 aliphatic rings. The van der Waals surface area contributed by atoms with Gasteiger partial charge in [0.05, 0.1) is 22.3 Å². The fourth-order valence-corrected chi connectivity index (χ4v) is 2.51. The van der Waals surface area contributed by atoms with Gasteiger partial charge in [0.25, 0.3) is 0 Å². The van der Waals surface area contributed by atoms with Crippen LogP contribution in [0.2, 0.25) is 0 Å². The van der Waals surface area contributed by atoms with E-state index in [0.717, 1.165) is 14.7 Å². The van der Waals surface area contributed by atoms with Crippen molar-refractivity contribution < 1.29 is 13.9 Å². The lowest BCUT2D eigenvalue weighted by Gasteiger charge is -2.17. The van der Waals surface area contributed by atoms with Crippen molar-refractivity contribution in [2.75, 3.05) is 13.7 Å². The third-order valence-electron chi connectivity index (χ3n) is 2.55. The summed E-state index contributed by atoms with van der Waals surface area (Å²) >= 11 is 6.87. The monoisotopic (exact) mass is 389 g/mol. The maximum atomic E-state index is 5.87. The molecule has 6 heteroatoms. The minimum Gasteiger partial charge on any atom is -0.496 e. The highest BCUT2D eigenvalue weighted by Gasteiger charge is 2.17. The molecule has 0 aliphatic carbocycles. The molecule has 0 aliphatic heterocycles. The molecule has 1 unspecified atom stereocenters. The van der Waals surface area contributed by atoms with Gasteiger partial charge in [-0.25, -0.2) is 0 Å². The number of hydrogen-bond donors (Lipinski definition) is 1. The number of furan rings is 1. The topological polar surface area (TPSA) is 57.6 Å². The smallest absolute Gasteiger partial charge is 0.168 e. The Balaban J connectivity index is 2.25. The Hall–Kier alpha value is -0.980. The molecule has 19 heavy (non-hydrogen) atoms. The van der Waals surface area contributed by atoms with Gasteiger partial charge in [0.1, 0.15) is 17.3 Å². The van der Waals surface area contributed by atoms with Gasteiger partial charge in [-0.3, -0.25) is 0 Å². The van der Waals surface area contributed by atoms with Crippen molar-refractivity contribution in [3.63, 3.8) is 0 Å². The quantitative estimate of drug-likeness (QED) is 0.841. The van der Waals surface area contributed by atoms with E-state index in [2.05, 4.69) is 31.9 Å². The summed E-state index contributed by atoms with van der Waals surface area (Å²) in [7, 11) is 1.61. The van der Waals surface area contributed by atoms with Crippen molar-refractivity contribution in [2.45, 2.75) is 6.10 Å². The van der Waals surface area contributed by atoms with Crippen molar-refractivity contribution in [3.05, 3.63) is 45.2 Å². The molecule has 0 spiro atoms. The molecule has 1 aromatic carbocycles. The molecule has 0 radical (unpaired) electrons. The molecule has 0 fully saturated rings. The van der Waals surface area contributed by atoms with E-state index in [9.17, 15) is 0 Å². The van der Waals surface area contributed by atoms with Crippen molar-refractivity contribution in [3.8, 4) is 11.5 Å². The largest absolute Gasteiger partial charge is 0.496 e. The number of ether oxygens (including phenoxy) is 2. The second kappa shape index (κ2) is 6.45. The SMILES string of the molecule is COc1cc(Br)c(OC(CN)c2ccco2)cc1Br. The summed E-state index contributed by atoms with van der Waals surface area (Å²) in [6.07, 6.45) is 1.27. The van der Waals surface area contributed by atoms with Crippen LogP contribution in [0.15, 0.2) is 43.9 Å². The van der Waals surface area contributed by atoms with Crippen LogP contribution >= 0.6 is 31.9 Å². The highest BCUT2D eigenvalue weighted by atomic mass is 79.9. The van der Waals surface area contributed by atoms with Crippen LogP contribution in [0, 0.1) is 0 Å². The van der Waals surface area contributed by atoms with Gasteiger partial charge in [-0.15, -0.1) is 0 Å². The van der Waals surface area contributed by atoms with Crippen LogP contribution in [0.1, 0.15) is 11.9 Å². The molecule has 2 rings (SSSR count). The van der Waals surface area contributed by atoms with Gasteiger partial charge in [-0.1, -0.05) is 0 Å². The van der Waals surface area contributed by atoms with E-state index < -0.39 is 0 Å². The lowest BCUT2D eigenvalue weighted by atomic mass is 10.2. The number of methoxy groups -OCH3 is 1. The molecule has 4 nitrogen and oxygen atoms in total. The lowest BCUT2D eigenvalue weighted by Crippen LogP contribution is -2.18. The Morgan fingerprint density at radius 3 is 2.53 bits per heavy atom. The van der Waals surface area contributed by atoms with E-state index >= 15 is 0 Å². The van der Waals surface area contributed by atoms with Gasteiger partial charge in [0.15, 0.2) is 6.10 Å². The molecular weight excluding hydrogens is 378 g/mol. The first-order valence-electron chi connectivity index (χ1n) is 5.59. The molecule has 1 atom stereocenters. The van der Waals surface area contributed by atoms with Gasteiger partial charge in [-0.05, 0) is 56.1 Å². The van der Waals surface area contributed by atoms with Crippen LogP contribution in [0.4, 0.5) is 0 Å². The van der Waals surface area contributed by atoms with Gasteiger partial charge in [0, 0.05) is 6.54 Å². The molecule has 1 aromatic heterocycles. The number of halogens is 2. The van der Waals surface area contributed by atoms with Crippen LogP contribution in [0.3, 0.4) is 0 Å². The zero-order chi connectivity index (χ0) is 13.8. The fraction of sp³-hybridized carbons (Fsp3) is 0.231. The number of benzene rings is 1. The van der Waals surface area contributed by atoms with Crippen LogP contribution < -0.4 is 15.2 Å². The highest BCUT2D eigenvalue weighted by molar-refractivity contribution is 9.11. The Bertz CT molecular complexity index is 543. The first-order chi connectivity index (χ1) is 9.15. The van der Waals surface area contributed by atoms with E-state index in [4.69, 9.17) is 19.6 Å². The molecule has 2 N–H and O–H groups in total. The normalized spacial score (nSPS) is 12.2. The zero-order valence-electron chi connectivity index (χ0n) is 10.2. The van der Waals surface area contributed by atoms with Crippen LogP contribution in [-0.2, 0) is 0 Å². The van der Waals surface area contributed by atoms with Gasteiger partial charge >= 0.3 is 0 Å². The second-order valence-corrected chi connectivity index (χ2v) is 5.48. The summed E-state index contributed by atoms with van der Waals surface area (Å²) in [6.45, 7) is 0.323. The van der Waals surface area contributed by atoms with E-state index in [1.807, 2.05) is 18.2 Å². The average molecular weight is 391 g/mol. The van der Waals surface area contributed by atoms with Crippen LogP contribution in [0.5, 0.6) is 11.5 Å². The van der Waals surface area contributed by atoms with Crippen LogP contribution in [0.25, 0.3) is 0 Å². The minimum atomic E-state index is -0.327. The zero-order valence-corrected chi connectivity index (χ0v) is 13.4. The Kier molecular flexibility index (Phi) is 4.90. The Labute approximate surface area is 128 Å². The summed E-state index contributed by atoms with van der Waals surface area (Å²) in [5, 5.41) is 0. The highest BCUT2D eigenvalue weighted by Crippen LogP contribution is 2.37. The summed E-state index contributed by atoms with van der Waals surface area (Å²) in [4.78, 5) is 0. The van der Waals surface area contributed by atoms with Gasteiger partial charge in [-0.2, -0.15) is 0 Å². The van der Waals surface area contributed by atoms with E-state index in [1.165, 1.54) is 0 Å². The Morgan fingerprint density at radius 1 is 1.26 bits per heavy atom. The molecular formula is C13H13Br2NO3. The molecule has 0 saturated heterocycles. The third-order valence-corrected chi connectivity index (χ3v) is 3.79. The lowest BCUT2D eigenvalue weighted by molar-refractivity contribution is 0.182. The maximum absolute atomic E-state index is 5.87. The molecule has 0 bridgehead atoms. The summed E-state index contributed by atoms with van der Waals surface area (Å²) in [5.74, 6) is 2.09. The number of rotatable bonds is 5. The predicted molar refractivity (Wildman–Crippen MR) is 79.5 cm³/mol. The Morgan fingerprint density at radius 2 is 1.95 bits per heavy atom. The second-order valence-electron chi connectivity index (χ2n) is 3.77.